The van der Waals surface area contributed by atoms with Crippen LogP contribution >= 0.6 is 0 Å². The third-order valence-electron chi connectivity index (χ3n) is 5.97. The van der Waals surface area contributed by atoms with Crippen molar-refractivity contribution in [1.82, 2.24) is 15.2 Å². The van der Waals surface area contributed by atoms with Gasteiger partial charge in [0.05, 0.1) is 17.4 Å². The zero-order valence-electron chi connectivity index (χ0n) is 17.2. The van der Waals surface area contributed by atoms with Crippen LogP contribution in [-0.4, -0.2) is 55.1 Å². The summed E-state index contributed by atoms with van der Waals surface area (Å²) in [5.41, 5.74) is 3.68. The van der Waals surface area contributed by atoms with E-state index in [-0.39, 0.29) is 5.91 Å². The summed E-state index contributed by atoms with van der Waals surface area (Å²) in [6, 6.07) is 10.7. The minimum atomic E-state index is -0.0292. The lowest BCUT2D eigenvalue weighted by molar-refractivity contribution is 0.0927. The van der Waals surface area contributed by atoms with Crippen molar-refractivity contribution in [3.8, 4) is 0 Å². The van der Waals surface area contributed by atoms with E-state index in [1.54, 1.807) is 12.4 Å². The molecule has 1 aromatic heterocycles. The maximum atomic E-state index is 12.6. The molecule has 1 aromatic carbocycles. The van der Waals surface area contributed by atoms with Crippen LogP contribution in [0.1, 0.15) is 42.5 Å². The molecule has 0 unspecified atom stereocenters. The van der Waals surface area contributed by atoms with Crippen molar-refractivity contribution in [2.24, 2.45) is 0 Å². The first-order valence-corrected chi connectivity index (χ1v) is 10.7. The van der Waals surface area contributed by atoms with Crippen LogP contribution in [0.25, 0.3) is 0 Å². The number of nitrogens with one attached hydrogen (secondary N) is 2. The van der Waals surface area contributed by atoms with Crippen LogP contribution in [0.15, 0.2) is 42.7 Å². The van der Waals surface area contributed by atoms with E-state index < -0.39 is 0 Å². The summed E-state index contributed by atoms with van der Waals surface area (Å²) >= 11 is 0. The first-order valence-electron chi connectivity index (χ1n) is 10.7. The standard InChI is InChI=1S/C23H31N5O/c1-27-11-13-28(14-12-27)22-9-7-20(8-10-22)25-21-15-18(16-24-17-21)23(29)26-19-5-3-2-4-6-19/h7-10,15-17,19,25H,2-6,11-14H2,1H3,(H,26,29). The van der Waals surface area contributed by atoms with E-state index in [2.05, 4.69) is 56.7 Å². The molecule has 1 amide bonds. The van der Waals surface area contributed by atoms with E-state index >= 15 is 0 Å². The summed E-state index contributed by atoms with van der Waals surface area (Å²) in [6.45, 7) is 4.32. The first kappa shape index (κ1) is 19.7. The summed E-state index contributed by atoms with van der Waals surface area (Å²) < 4.78 is 0. The summed E-state index contributed by atoms with van der Waals surface area (Å²) in [5, 5.41) is 6.53. The molecule has 1 aliphatic carbocycles. The van der Waals surface area contributed by atoms with Gasteiger partial charge in [0.1, 0.15) is 0 Å². The Morgan fingerprint density at radius 2 is 1.69 bits per heavy atom. The van der Waals surface area contributed by atoms with Gasteiger partial charge in [-0.1, -0.05) is 19.3 Å². The summed E-state index contributed by atoms with van der Waals surface area (Å²) in [4.78, 5) is 21.6. The lowest BCUT2D eigenvalue weighted by Gasteiger charge is -2.34. The zero-order chi connectivity index (χ0) is 20.1. The molecule has 2 aromatic rings. The van der Waals surface area contributed by atoms with E-state index in [4.69, 9.17) is 0 Å². The van der Waals surface area contributed by atoms with Crippen molar-refractivity contribution in [3.63, 3.8) is 0 Å². The van der Waals surface area contributed by atoms with Gasteiger partial charge in [-0.15, -0.1) is 0 Å². The van der Waals surface area contributed by atoms with E-state index in [9.17, 15) is 4.79 Å². The molecule has 1 aliphatic heterocycles. The molecule has 1 saturated heterocycles. The maximum Gasteiger partial charge on any atom is 0.253 e. The molecule has 4 rings (SSSR count). The summed E-state index contributed by atoms with van der Waals surface area (Å²) in [7, 11) is 2.17. The van der Waals surface area contributed by atoms with Gasteiger partial charge in [0.25, 0.3) is 5.91 Å². The molecule has 2 N–H and O–H groups in total. The quantitative estimate of drug-likeness (QED) is 0.812. The number of carbonyl (C=O) groups is 1. The van der Waals surface area contributed by atoms with Gasteiger partial charge in [0, 0.05) is 49.8 Å². The highest BCUT2D eigenvalue weighted by Crippen LogP contribution is 2.23. The zero-order valence-corrected chi connectivity index (χ0v) is 17.2. The Labute approximate surface area is 173 Å². The van der Waals surface area contributed by atoms with Crippen LogP contribution in [-0.2, 0) is 0 Å². The van der Waals surface area contributed by atoms with Crippen molar-refractivity contribution in [2.45, 2.75) is 38.1 Å². The number of amides is 1. The number of likely N-dealkylation sites (N-methyl/N-ethyl adjacent to an activating group) is 1. The number of hydrogen-bond donors (Lipinski definition) is 2. The Balaban J connectivity index is 1.36. The fraction of sp³-hybridized carbons (Fsp3) is 0.478. The molecule has 0 spiro atoms. The number of hydrogen-bond acceptors (Lipinski definition) is 5. The Kier molecular flexibility index (Phi) is 6.30. The average molecular weight is 394 g/mol. The number of pyridine rings is 1. The van der Waals surface area contributed by atoms with Crippen molar-refractivity contribution < 1.29 is 4.79 Å². The Morgan fingerprint density at radius 3 is 2.41 bits per heavy atom. The number of benzene rings is 1. The SMILES string of the molecule is CN1CCN(c2ccc(Nc3cncc(C(=O)NC4CCCCC4)c3)cc2)CC1. The van der Waals surface area contributed by atoms with Gasteiger partial charge in [-0.25, -0.2) is 0 Å². The second-order valence-electron chi connectivity index (χ2n) is 8.23. The summed E-state index contributed by atoms with van der Waals surface area (Å²) in [5.74, 6) is -0.0292. The van der Waals surface area contributed by atoms with Crippen LogP contribution in [0, 0.1) is 0 Å². The molecule has 29 heavy (non-hydrogen) atoms. The summed E-state index contributed by atoms with van der Waals surface area (Å²) in [6.07, 6.45) is 9.24. The largest absolute Gasteiger partial charge is 0.369 e. The molecule has 6 nitrogen and oxygen atoms in total. The highest BCUT2D eigenvalue weighted by molar-refractivity contribution is 5.95. The predicted octanol–water partition coefficient (Wildman–Crippen LogP) is 3.64. The maximum absolute atomic E-state index is 12.6. The van der Waals surface area contributed by atoms with Gasteiger partial charge < -0.3 is 20.4 Å². The third kappa shape index (κ3) is 5.26. The Bertz CT molecular complexity index is 808. The molecule has 6 heteroatoms. The third-order valence-corrected chi connectivity index (χ3v) is 5.97. The number of piperazine rings is 1. The molecule has 2 heterocycles. The van der Waals surface area contributed by atoms with Crippen molar-refractivity contribution in [1.29, 1.82) is 0 Å². The topological polar surface area (TPSA) is 60.5 Å². The molecular weight excluding hydrogens is 362 g/mol. The van der Waals surface area contributed by atoms with Crippen molar-refractivity contribution in [2.75, 3.05) is 43.4 Å². The van der Waals surface area contributed by atoms with E-state index in [1.165, 1.54) is 24.9 Å². The Hall–Kier alpha value is -2.60. The van der Waals surface area contributed by atoms with Gasteiger partial charge in [-0.3, -0.25) is 9.78 Å². The van der Waals surface area contributed by atoms with Gasteiger partial charge >= 0.3 is 0 Å². The van der Waals surface area contributed by atoms with E-state index in [0.717, 1.165) is 50.4 Å². The van der Waals surface area contributed by atoms with E-state index in [1.807, 2.05) is 6.07 Å². The second-order valence-corrected chi connectivity index (χ2v) is 8.23. The number of anilines is 3. The number of rotatable bonds is 5. The highest BCUT2D eigenvalue weighted by Gasteiger charge is 2.17. The van der Waals surface area contributed by atoms with Crippen LogP contribution in [0.3, 0.4) is 0 Å². The predicted molar refractivity (Wildman–Crippen MR) is 118 cm³/mol. The molecule has 0 bridgehead atoms. The number of nitrogens with zero attached hydrogens (tertiary/aromatic N) is 3. The van der Waals surface area contributed by atoms with Gasteiger partial charge in [-0.05, 0) is 50.2 Å². The minimum absolute atomic E-state index is 0.0292. The molecule has 0 radical (unpaired) electrons. The van der Waals surface area contributed by atoms with Crippen molar-refractivity contribution in [3.05, 3.63) is 48.3 Å². The van der Waals surface area contributed by atoms with Crippen LogP contribution in [0.4, 0.5) is 17.1 Å². The monoisotopic (exact) mass is 393 g/mol. The smallest absolute Gasteiger partial charge is 0.253 e. The average Bonchev–Trinajstić information content (AvgIpc) is 2.76. The number of carbonyl (C=O) groups excluding carboxylic acids is 1. The normalized spacial score (nSPS) is 18.4. The van der Waals surface area contributed by atoms with Crippen molar-refractivity contribution >= 4 is 23.0 Å². The lowest BCUT2D eigenvalue weighted by Crippen LogP contribution is -2.44. The minimum Gasteiger partial charge on any atom is -0.369 e. The van der Waals surface area contributed by atoms with Crippen LogP contribution in [0.2, 0.25) is 0 Å². The Morgan fingerprint density at radius 1 is 0.966 bits per heavy atom. The molecule has 1 saturated carbocycles. The molecule has 2 aliphatic rings. The second kappa shape index (κ2) is 9.27. The molecular formula is C23H31N5O. The fourth-order valence-corrected chi connectivity index (χ4v) is 4.14. The fourth-order valence-electron chi connectivity index (χ4n) is 4.14. The lowest BCUT2D eigenvalue weighted by atomic mass is 9.95. The molecule has 2 fully saturated rings. The molecule has 154 valence electrons. The van der Waals surface area contributed by atoms with Crippen LogP contribution in [0.5, 0.6) is 0 Å². The van der Waals surface area contributed by atoms with E-state index in [0.29, 0.717) is 11.6 Å². The first-order chi connectivity index (χ1) is 14.2. The highest BCUT2D eigenvalue weighted by atomic mass is 16.1. The van der Waals surface area contributed by atoms with Crippen LogP contribution < -0.4 is 15.5 Å². The van der Waals surface area contributed by atoms with Gasteiger partial charge in [-0.2, -0.15) is 0 Å². The molecule has 0 atom stereocenters. The van der Waals surface area contributed by atoms with Gasteiger partial charge in [0.2, 0.25) is 0 Å². The number of aromatic nitrogens is 1. The van der Waals surface area contributed by atoms with Gasteiger partial charge in [0.15, 0.2) is 0 Å².